The maximum absolute atomic E-state index is 13.1. The highest BCUT2D eigenvalue weighted by Gasteiger charge is 2.05. The van der Waals surface area contributed by atoms with E-state index in [1.807, 2.05) is 0 Å². The summed E-state index contributed by atoms with van der Waals surface area (Å²) in [6, 6.07) is 4.28. The number of H-pyrrole nitrogens is 2. The molecule has 0 unspecified atom stereocenters. The molecule has 2 N–H and O–H groups in total. The first-order valence-corrected chi connectivity index (χ1v) is 3.52. The van der Waals surface area contributed by atoms with Crippen molar-refractivity contribution in [2.45, 2.75) is 0 Å². The SMILES string of the molecule is N#Cc1cc(F)c2[nH]c(=O)[nH]c2c1. The molecule has 0 fully saturated rings. The Bertz CT molecular complexity index is 561. The smallest absolute Gasteiger partial charge is 0.306 e. The number of aromatic amines is 2. The van der Waals surface area contributed by atoms with Crippen LogP contribution >= 0.6 is 0 Å². The van der Waals surface area contributed by atoms with Crippen molar-refractivity contribution in [3.63, 3.8) is 0 Å². The van der Waals surface area contributed by atoms with Gasteiger partial charge < -0.3 is 9.97 Å². The average Bonchev–Trinajstić information content (AvgIpc) is 2.46. The standard InChI is InChI=1S/C8H4FN3O/c9-5-1-4(3-10)2-6-7(5)12-8(13)11-6/h1-2H,(H2,11,12,13). The lowest BCUT2D eigenvalue weighted by atomic mass is 10.2. The predicted octanol–water partition coefficient (Wildman–Crippen LogP) is 0.867. The molecule has 0 radical (unpaired) electrons. The van der Waals surface area contributed by atoms with Crippen LogP contribution in [0.3, 0.4) is 0 Å². The fraction of sp³-hybridized carbons (Fsp3) is 0. The van der Waals surface area contributed by atoms with E-state index in [1.165, 1.54) is 6.07 Å². The van der Waals surface area contributed by atoms with Gasteiger partial charge in [0.25, 0.3) is 0 Å². The van der Waals surface area contributed by atoms with E-state index in [2.05, 4.69) is 9.97 Å². The molecule has 0 aliphatic rings. The van der Waals surface area contributed by atoms with Crippen molar-refractivity contribution in [1.82, 2.24) is 9.97 Å². The van der Waals surface area contributed by atoms with E-state index >= 15 is 0 Å². The third kappa shape index (κ3) is 1.08. The van der Waals surface area contributed by atoms with Crippen LogP contribution in [0.5, 0.6) is 0 Å². The predicted molar refractivity (Wildman–Crippen MR) is 43.6 cm³/mol. The van der Waals surface area contributed by atoms with Gasteiger partial charge in [-0.25, -0.2) is 9.18 Å². The summed E-state index contributed by atoms with van der Waals surface area (Å²) in [6.07, 6.45) is 0. The van der Waals surface area contributed by atoms with E-state index in [4.69, 9.17) is 5.26 Å². The number of hydrogen-bond acceptors (Lipinski definition) is 2. The molecule has 2 aromatic rings. The number of aromatic nitrogens is 2. The van der Waals surface area contributed by atoms with Crippen molar-refractivity contribution >= 4 is 11.0 Å². The molecule has 5 heteroatoms. The monoisotopic (exact) mass is 177 g/mol. The number of nitriles is 1. The van der Waals surface area contributed by atoms with E-state index in [0.29, 0.717) is 5.52 Å². The zero-order valence-corrected chi connectivity index (χ0v) is 6.39. The maximum Gasteiger partial charge on any atom is 0.323 e. The zero-order valence-electron chi connectivity index (χ0n) is 6.39. The Morgan fingerprint density at radius 3 is 2.85 bits per heavy atom. The second-order valence-corrected chi connectivity index (χ2v) is 2.57. The van der Waals surface area contributed by atoms with Crippen molar-refractivity contribution < 1.29 is 4.39 Å². The highest BCUT2D eigenvalue weighted by atomic mass is 19.1. The minimum atomic E-state index is -0.604. The van der Waals surface area contributed by atoms with Gasteiger partial charge in [-0.05, 0) is 12.1 Å². The highest BCUT2D eigenvalue weighted by molar-refractivity contribution is 5.76. The summed E-state index contributed by atoms with van der Waals surface area (Å²) < 4.78 is 13.1. The molecule has 1 heterocycles. The maximum atomic E-state index is 13.1. The molecule has 0 spiro atoms. The van der Waals surface area contributed by atoms with Gasteiger partial charge in [0.05, 0.1) is 17.1 Å². The minimum Gasteiger partial charge on any atom is -0.306 e. The fourth-order valence-corrected chi connectivity index (χ4v) is 1.16. The van der Waals surface area contributed by atoms with Gasteiger partial charge in [-0.3, -0.25) is 0 Å². The van der Waals surface area contributed by atoms with E-state index in [-0.39, 0.29) is 11.1 Å². The Hall–Kier alpha value is -2.09. The first-order valence-electron chi connectivity index (χ1n) is 3.52. The van der Waals surface area contributed by atoms with Gasteiger partial charge in [0.1, 0.15) is 11.3 Å². The van der Waals surface area contributed by atoms with Crippen LogP contribution in [0, 0.1) is 17.1 Å². The third-order valence-electron chi connectivity index (χ3n) is 1.71. The first kappa shape index (κ1) is 7.55. The topological polar surface area (TPSA) is 72.4 Å². The van der Waals surface area contributed by atoms with E-state index in [1.54, 1.807) is 6.07 Å². The molecule has 1 aromatic heterocycles. The second-order valence-electron chi connectivity index (χ2n) is 2.57. The second kappa shape index (κ2) is 2.45. The molecule has 0 bridgehead atoms. The summed E-state index contributed by atoms with van der Waals surface area (Å²) in [6.45, 7) is 0. The van der Waals surface area contributed by atoms with Crippen LogP contribution in [-0.4, -0.2) is 9.97 Å². The van der Waals surface area contributed by atoms with Crippen molar-refractivity contribution in [1.29, 1.82) is 5.26 Å². The Labute approximate surface area is 71.6 Å². The summed E-state index contributed by atoms with van der Waals surface area (Å²) >= 11 is 0. The summed E-state index contributed by atoms with van der Waals surface area (Å²) in [5.41, 5.74) is 0.106. The molecule has 4 nitrogen and oxygen atoms in total. The lowest BCUT2D eigenvalue weighted by molar-refractivity contribution is 0.636. The number of rotatable bonds is 0. The number of nitrogens with zero attached hydrogens (tertiary/aromatic N) is 1. The van der Waals surface area contributed by atoms with Crippen LogP contribution in [-0.2, 0) is 0 Å². The molecule has 0 atom stereocenters. The van der Waals surface area contributed by atoms with Crippen LogP contribution in [0.1, 0.15) is 5.56 Å². The largest absolute Gasteiger partial charge is 0.323 e. The minimum absolute atomic E-state index is 0.101. The molecule has 2 rings (SSSR count). The Balaban J connectivity index is 2.93. The van der Waals surface area contributed by atoms with Crippen LogP contribution in [0.25, 0.3) is 11.0 Å². The van der Waals surface area contributed by atoms with Gasteiger partial charge in [0.2, 0.25) is 0 Å². The molecule has 0 aliphatic carbocycles. The molecule has 13 heavy (non-hydrogen) atoms. The average molecular weight is 177 g/mol. The lowest BCUT2D eigenvalue weighted by Gasteiger charge is -1.91. The van der Waals surface area contributed by atoms with E-state index < -0.39 is 11.5 Å². The Morgan fingerprint density at radius 2 is 2.15 bits per heavy atom. The van der Waals surface area contributed by atoms with Gasteiger partial charge >= 0.3 is 5.69 Å². The van der Waals surface area contributed by atoms with Crippen molar-refractivity contribution in [2.24, 2.45) is 0 Å². The van der Waals surface area contributed by atoms with Crippen LogP contribution in [0.2, 0.25) is 0 Å². The molecular weight excluding hydrogens is 173 g/mol. The Morgan fingerprint density at radius 1 is 1.38 bits per heavy atom. The summed E-state index contributed by atoms with van der Waals surface area (Å²) in [7, 11) is 0. The number of halogens is 1. The van der Waals surface area contributed by atoms with Gasteiger partial charge in [-0.2, -0.15) is 5.26 Å². The molecule has 64 valence electrons. The molecule has 0 saturated carbocycles. The van der Waals surface area contributed by atoms with Gasteiger partial charge in [-0.1, -0.05) is 0 Å². The molecule has 0 aliphatic heterocycles. The fourth-order valence-electron chi connectivity index (χ4n) is 1.16. The number of benzene rings is 1. The zero-order chi connectivity index (χ0) is 9.42. The third-order valence-corrected chi connectivity index (χ3v) is 1.71. The summed E-state index contributed by atoms with van der Waals surface area (Å²) in [5, 5.41) is 8.51. The van der Waals surface area contributed by atoms with Crippen LogP contribution < -0.4 is 5.69 Å². The van der Waals surface area contributed by atoms with Crippen molar-refractivity contribution in [2.75, 3.05) is 0 Å². The van der Waals surface area contributed by atoms with Crippen molar-refractivity contribution in [3.8, 4) is 6.07 Å². The summed E-state index contributed by atoms with van der Waals surface area (Å²) in [5.74, 6) is -0.604. The molecule has 1 aromatic carbocycles. The molecule has 0 saturated heterocycles. The number of hydrogen-bond donors (Lipinski definition) is 2. The normalized spacial score (nSPS) is 10.2. The van der Waals surface area contributed by atoms with Gasteiger partial charge in [0.15, 0.2) is 0 Å². The molecular formula is C8H4FN3O. The number of imidazole rings is 1. The van der Waals surface area contributed by atoms with Crippen LogP contribution in [0.15, 0.2) is 16.9 Å². The lowest BCUT2D eigenvalue weighted by Crippen LogP contribution is -1.99. The first-order chi connectivity index (χ1) is 6.20. The van der Waals surface area contributed by atoms with E-state index in [0.717, 1.165) is 6.07 Å². The quantitative estimate of drug-likeness (QED) is 0.626. The van der Waals surface area contributed by atoms with Gasteiger partial charge in [0, 0.05) is 0 Å². The van der Waals surface area contributed by atoms with Crippen LogP contribution in [0.4, 0.5) is 4.39 Å². The number of nitrogens with one attached hydrogen (secondary N) is 2. The molecule has 0 amide bonds. The highest BCUT2D eigenvalue weighted by Crippen LogP contribution is 2.13. The summed E-state index contributed by atoms with van der Waals surface area (Å²) in [4.78, 5) is 15.4. The van der Waals surface area contributed by atoms with E-state index in [9.17, 15) is 9.18 Å². The Kier molecular flexibility index (Phi) is 1.43. The van der Waals surface area contributed by atoms with Crippen molar-refractivity contribution in [3.05, 3.63) is 34.0 Å². The number of fused-ring (bicyclic) bond motifs is 1. The van der Waals surface area contributed by atoms with Gasteiger partial charge in [-0.15, -0.1) is 0 Å².